The van der Waals surface area contributed by atoms with Gasteiger partial charge in [-0.3, -0.25) is 0 Å². The standard InChI is InChI=1S/C25H29NO/c1-16-20-12-13-24(2)21-15-19(27-3)10-9-17(21)11-14-25(24,23(20)26)22(16)18-7-5-4-6-8-18/h4-10,15,20,23H,11-14,26H2,1-3H3/t20-,23-,24+,25+/m1/s1. The van der Waals surface area contributed by atoms with Crippen LogP contribution >= 0.6 is 0 Å². The lowest BCUT2D eigenvalue weighted by Crippen LogP contribution is -2.60. The van der Waals surface area contributed by atoms with E-state index in [0.29, 0.717) is 5.92 Å². The Balaban J connectivity index is 1.78. The average Bonchev–Trinajstić information content (AvgIpc) is 2.84. The summed E-state index contributed by atoms with van der Waals surface area (Å²) in [7, 11) is 1.76. The Hall–Kier alpha value is -2.06. The number of hydrogen-bond acceptors (Lipinski definition) is 2. The first-order chi connectivity index (χ1) is 13.0. The molecular weight excluding hydrogens is 330 g/mol. The third kappa shape index (κ3) is 2.00. The molecule has 2 bridgehead atoms. The van der Waals surface area contributed by atoms with E-state index in [1.807, 2.05) is 0 Å². The Morgan fingerprint density at radius 3 is 2.59 bits per heavy atom. The Labute approximate surface area is 162 Å². The molecule has 4 atom stereocenters. The first-order valence-electron chi connectivity index (χ1n) is 10.2. The van der Waals surface area contributed by atoms with Gasteiger partial charge in [0.1, 0.15) is 5.75 Å². The summed E-state index contributed by atoms with van der Waals surface area (Å²) in [6.07, 6.45) is 4.61. The maximum absolute atomic E-state index is 7.09. The predicted octanol–water partition coefficient (Wildman–Crippen LogP) is 5.11. The van der Waals surface area contributed by atoms with Crippen molar-refractivity contribution in [1.82, 2.24) is 0 Å². The fraction of sp³-hybridized carbons (Fsp3) is 0.440. The molecular formula is C25H29NO. The van der Waals surface area contributed by atoms with Gasteiger partial charge in [-0.1, -0.05) is 48.9 Å². The largest absolute Gasteiger partial charge is 0.497 e. The monoisotopic (exact) mass is 359 g/mol. The van der Waals surface area contributed by atoms with Crippen molar-refractivity contribution in [2.75, 3.05) is 7.11 Å². The molecule has 0 unspecified atom stereocenters. The quantitative estimate of drug-likeness (QED) is 0.809. The third-order valence-electron chi connectivity index (χ3n) is 8.10. The van der Waals surface area contributed by atoms with Gasteiger partial charge in [-0.15, -0.1) is 0 Å². The van der Waals surface area contributed by atoms with E-state index in [1.54, 1.807) is 7.11 Å². The highest BCUT2D eigenvalue weighted by atomic mass is 16.5. The molecule has 0 amide bonds. The van der Waals surface area contributed by atoms with Crippen LogP contribution in [0.5, 0.6) is 5.75 Å². The van der Waals surface area contributed by atoms with Gasteiger partial charge in [0.05, 0.1) is 7.11 Å². The molecule has 0 saturated heterocycles. The number of ether oxygens (including phenoxy) is 1. The van der Waals surface area contributed by atoms with Gasteiger partial charge in [-0.2, -0.15) is 0 Å². The normalized spacial score (nSPS) is 34.2. The second-order valence-corrected chi connectivity index (χ2v) is 8.92. The molecule has 1 spiro atoms. The SMILES string of the molecule is COc1ccc2c(c1)[C@]1(C)CC[C@@H]3C(C)=C(c4ccccc4)[C@@]1(CC2)[C@@H]3N. The van der Waals surface area contributed by atoms with Crippen LogP contribution in [0, 0.1) is 11.3 Å². The molecule has 2 aromatic carbocycles. The number of fused-ring (bicyclic) bond motifs is 3. The molecule has 3 aliphatic rings. The number of nitrogens with two attached hydrogens (primary N) is 1. The van der Waals surface area contributed by atoms with Crippen LogP contribution in [0.3, 0.4) is 0 Å². The number of methoxy groups -OCH3 is 1. The second-order valence-electron chi connectivity index (χ2n) is 8.92. The van der Waals surface area contributed by atoms with Crippen LogP contribution in [0.2, 0.25) is 0 Å². The van der Waals surface area contributed by atoms with Crippen LogP contribution in [0.25, 0.3) is 5.57 Å². The van der Waals surface area contributed by atoms with Crippen molar-refractivity contribution in [2.24, 2.45) is 17.1 Å². The van der Waals surface area contributed by atoms with Crippen molar-refractivity contribution < 1.29 is 4.74 Å². The summed E-state index contributed by atoms with van der Waals surface area (Å²) in [5, 5.41) is 0. The molecule has 0 aliphatic heterocycles. The highest BCUT2D eigenvalue weighted by molar-refractivity contribution is 5.80. The molecule has 2 heteroatoms. The maximum Gasteiger partial charge on any atom is 0.119 e. The van der Waals surface area contributed by atoms with E-state index in [4.69, 9.17) is 10.5 Å². The van der Waals surface area contributed by atoms with Crippen molar-refractivity contribution in [3.05, 3.63) is 70.8 Å². The minimum Gasteiger partial charge on any atom is -0.497 e. The van der Waals surface area contributed by atoms with Crippen molar-refractivity contribution in [3.8, 4) is 5.75 Å². The third-order valence-corrected chi connectivity index (χ3v) is 8.10. The van der Waals surface area contributed by atoms with E-state index in [1.165, 1.54) is 40.7 Å². The van der Waals surface area contributed by atoms with E-state index in [-0.39, 0.29) is 16.9 Å². The summed E-state index contributed by atoms with van der Waals surface area (Å²) >= 11 is 0. The molecule has 140 valence electrons. The van der Waals surface area contributed by atoms with Gasteiger partial charge in [0.25, 0.3) is 0 Å². The smallest absolute Gasteiger partial charge is 0.119 e. The minimum absolute atomic E-state index is 0.0146. The zero-order chi connectivity index (χ0) is 18.8. The highest BCUT2D eigenvalue weighted by Crippen LogP contribution is 2.69. The van der Waals surface area contributed by atoms with Crippen LogP contribution in [-0.4, -0.2) is 13.2 Å². The Morgan fingerprint density at radius 2 is 1.85 bits per heavy atom. The lowest BCUT2D eigenvalue weighted by molar-refractivity contribution is 0.0736. The number of aryl methyl sites for hydroxylation is 1. The maximum atomic E-state index is 7.09. The topological polar surface area (TPSA) is 35.2 Å². The summed E-state index contributed by atoms with van der Waals surface area (Å²) in [6, 6.07) is 17.9. The van der Waals surface area contributed by atoms with Gasteiger partial charge in [0.15, 0.2) is 0 Å². The molecule has 5 rings (SSSR count). The van der Waals surface area contributed by atoms with Crippen molar-refractivity contribution >= 4 is 5.57 Å². The van der Waals surface area contributed by atoms with Gasteiger partial charge >= 0.3 is 0 Å². The van der Waals surface area contributed by atoms with E-state index in [9.17, 15) is 0 Å². The van der Waals surface area contributed by atoms with Gasteiger partial charge in [0.2, 0.25) is 0 Å². The lowest BCUT2D eigenvalue weighted by Gasteiger charge is -2.58. The predicted molar refractivity (Wildman–Crippen MR) is 111 cm³/mol. The molecule has 1 fully saturated rings. The molecule has 27 heavy (non-hydrogen) atoms. The highest BCUT2D eigenvalue weighted by Gasteiger charge is 2.65. The molecule has 2 nitrogen and oxygen atoms in total. The molecule has 1 saturated carbocycles. The summed E-state index contributed by atoms with van der Waals surface area (Å²) in [5.41, 5.74) is 14.5. The molecule has 0 heterocycles. The van der Waals surface area contributed by atoms with Gasteiger partial charge in [-0.25, -0.2) is 0 Å². The summed E-state index contributed by atoms with van der Waals surface area (Å²) in [4.78, 5) is 0. The van der Waals surface area contributed by atoms with E-state index < -0.39 is 0 Å². The number of hydrogen-bond donors (Lipinski definition) is 1. The Bertz CT molecular complexity index is 931. The van der Waals surface area contributed by atoms with E-state index in [0.717, 1.165) is 18.6 Å². The molecule has 0 radical (unpaired) electrons. The Morgan fingerprint density at radius 1 is 1.07 bits per heavy atom. The summed E-state index contributed by atoms with van der Waals surface area (Å²) in [5.74, 6) is 1.48. The van der Waals surface area contributed by atoms with Gasteiger partial charge in [-0.05, 0) is 72.9 Å². The molecule has 3 aliphatic carbocycles. The average molecular weight is 360 g/mol. The number of benzene rings is 2. The molecule has 2 aromatic rings. The molecule has 2 N–H and O–H groups in total. The first kappa shape index (κ1) is 17.1. The van der Waals surface area contributed by atoms with Crippen LogP contribution in [0.15, 0.2) is 54.1 Å². The van der Waals surface area contributed by atoms with E-state index >= 15 is 0 Å². The van der Waals surface area contributed by atoms with Crippen LogP contribution in [-0.2, 0) is 11.8 Å². The van der Waals surface area contributed by atoms with Crippen molar-refractivity contribution in [2.45, 2.75) is 51.0 Å². The fourth-order valence-corrected chi connectivity index (χ4v) is 6.80. The van der Waals surface area contributed by atoms with Crippen LogP contribution < -0.4 is 10.5 Å². The summed E-state index contributed by atoms with van der Waals surface area (Å²) in [6.45, 7) is 4.82. The Kier molecular flexibility index (Phi) is 3.61. The fourth-order valence-electron chi connectivity index (χ4n) is 6.80. The van der Waals surface area contributed by atoms with Gasteiger partial charge < -0.3 is 10.5 Å². The van der Waals surface area contributed by atoms with Crippen LogP contribution in [0.4, 0.5) is 0 Å². The van der Waals surface area contributed by atoms with Crippen LogP contribution in [0.1, 0.15) is 49.8 Å². The van der Waals surface area contributed by atoms with Crippen molar-refractivity contribution in [3.63, 3.8) is 0 Å². The van der Waals surface area contributed by atoms with E-state index in [2.05, 4.69) is 62.4 Å². The zero-order valence-electron chi connectivity index (χ0n) is 16.6. The second kappa shape index (κ2) is 5.72. The van der Waals surface area contributed by atoms with Gasteiger partial charge in [0, 0.05) is 16.9 Å². The first-order valence-corrected chi connectivity index (χ1v) is 10.2. The summed E-state index contributed by atoms with van der Waals surface area (Å²) < 4.78 is 5.60. The van der Waals surface area contributed by atoms with Crippen molar-refractivity contribution in [1.29, 1.82) is 0 Å². The number of rotatable bonds is 2. The minimum atomic E-state index is 0.0146. The lowest BCUT2D eigenvalue weighted by atomic mass is 9.46. The molecule has 0 aromatic heterocycles. The zero-order valence-corrected chi connectivity index (χ0v) is 16.6.